The average Bonchev–Trinajstić information content (AvgIpc) is 2.68. The molecule has 10 heavy (non-hydrogen) atoms. The molecule has 2 N–H and O–H groups in total. The van der Waals surface area contributed by atoms with Gasteiger partial charge in [-0.25, -0.2) is 0 Å². The van der Waals surface area contributed by atoms with Gasteiger partial charge in [0.05, 0.1) is 10.2 Å². The highest BCUT2D eigenvalue weighted by molar-refractivity contribution is 9.12. The summed E-state index contributed by atoms with van der Waals surface area (Å²) in [4.78, 5) is 0. The largest absolute Gasteiger partial charge is 0.393 e. The van der Waals surface area contributed by atoms with Gasteiger partial charge in [0.25, 0.3) is 0 Å². The minimum atomic E-state index is 0.527. The molecular weight excluding hydrogens is 192 g/mol. The number of nitrogens with one attached hydrogen (secondary N) is 2. The molecule has 0 bridgehead atoms. The first-order valence-electron chi connectivity index (χ1n) is 3.37. The summed E-state index contributed by atoms with van der Waals surface area (Å²) in [6.45, 7) is 0. The van der Waals surface area contributed by atoms with E-state index in [4.69, 9.17) is 5.41 Å². The lowest BCUT2D eigenvalue weighted by Gasteiger charge is -1.98. The quantitative estimate of drug-likeness (QED) is 0.675. The molecule has 0 aliphatic heterocycles. The van der Waals surface area contributed by atoms with Gasteiger partial charge in [-0.1, -0.05) is 0 Å². The maximum Gasteiger partial charge on any atom is 0.0542 e. The molecule has 1 saturated carbocycles. The lowest BCUT2D eigenvalue weighted by atomic mass is 10.2. The Labute approximate surface area is 69.3 Å². The van der Waals surface area contributed by atoms with E-state index < -0.39 is 0 Å². The number of hydrogen-bond acceptors (Lipinski definition) is 2. The Morgan fingerprint density at radius 3 is 2.70 bits per heavy atom. The van der Waals surface area contributed by atoms with Crippen molar-refractivity contribution < 1.29 is 0 Å². The van der Waals surface area contributed by atoms with Crippen molar-refractivity contribution in [2.24, 2.45) is 5.92 Å². The molecule has 0 radical (unpaired) electrons. The maximum absolute atomic E-state index is 7.56. The predicted octanol–water partition coefficient (Wildman–Crippen LogP) is 1.87. The van der Waals surface area contributed by atoms with Crippen LogP contribution in [0, 0.1) is 11.3 Å². The second kappa shape index (κ2) is 3.19. The molecule has 0 aromatic carbocycles. The van der Waals surface area contributed by atoms with E-state index >= 15 is 0 Å². The van der Waals surface area contributed by atoms with Crippen molar-refractivity contribution in [3.05, 3.63) is 10.7 Å². The van der Waals surface area contributed by atoms with Crippen LogP contribution in [0.3, 0.4) is 0 Å². The Morgan fingerprint density at radius 1 is 1.70 bits per heavy atom. The monoisotopic (exact) mass is 202 g/mol. The number of allylic oxidation sites excluding steroid dienone is 1. The van der Waals surface area contributed by atoms with Crippen molar-refractivity contribution >= 4 is 21.6 Å². The minimum absolute atomic E-state index is 0.527. The van der Waals surface area contributed by atoms with E-state index in [1.54, 1.807) is 6.20 Å². The summed E-state index contributed by atoms with van der Waals surface area (Å²) >= 11 is 3.32. The zero-order valence-corrected chi connectivity index (χ0v) is 7.53. The summed E-state index contributed by atoms with van der Waals surface area (Å²) in [6, 6.07) is 0. The zero-order valence-electron chi connectivity index (χ0n) is 5.95. The van der Waals surface area contributed by atoms with E-state index in [-0.39, 0.29) is 0 Å². The van der Waals surface area contributed by atoms with Gasteiger partial charge in [-0.15, -0.1) is 0 Å². The third kappa shape index (κ3) is 1.84. The van der Waals surface area contributed by atoms with Crippen LogP contribution >= 0.6 is 15.9 Å². The number of rotatable bonds is 3. The smallest absolute Gasteiger partial charge is 0.0542 e. The number of hydrogen-bond donors (Lipinski definition) is 2. The van der Waals surface area contributed by atoms with Crippen LogP contribution in [0.2, 0.25) is 0 Å². The van der Waals surface area contributed by atoms with Gasteiger partial charge in [0.2, 0.25) is 0 Å². The second-order valence-electron chi connectivity index (χ2n) is 2.47. The summed E-state index contributed by atoms with van der Waals surface area (Å²) < 4.78 is 0.887. The van der Waals surface area contributed by atoms with Crippen LogP contribution in [0.4, 0.5) is 0 Å². The van der Waals surface area contributed by atoms with Crippen molar-refractivity contribution in [3.63, 3.8) is 0 Å². The zero-order chi connectivity index (χ0) is 7.56. The highest BCUT2D eigenvalue weighted by Crippen LogP contribution is 2.33. The van der Waals surface area contributed by atoms with Gasteiger partial charge in [-0.3, -0.25) is 0 Å². The van der Waals surface area contributed by atoms with Crippen LogP contribution in [0.5, 0.6) is 0 Å². The third-order valence-electron chi connectivity index (χ3n) is 1.51. The molecular formula is C7H11BrN2. The van der Waals surface area contributed by atoms with Gasteiger partial charge >= 0.3 is 0 Å². The van der Waals surface area contributed by atoms with Crippen molar-refractivity contribution in [1.29, 1.82) is 5.41 Å². The Bertz CT molecular complexity index is 170. The van der Waals surface area contributed by atoms with Gasteiger partial charge in [-0.05, 0) is 28.8 Å². The Kier molecular flexibility index (Phi) is 2.49. The molecule has 0 atom stereocenters. The highest BCUT2D eigenvalue weighted by atomic mass is 79.9. The summed E-state index contributed by atoms with van der Waals surface area (Å²) in [7, 11) is 1.83. The summed E-state index contributed by atoms with van der Waals surface area (Å²) in [5.41, 5.74) is 0.731. The lowest BCUT2D eigenvalue weighted by Crippen LogP contribution is -2.02. The van der Waals surface area contributed by atoms with Crippen LogP contribution < -0.4 is 5.32 Å². The second-order valence-corrected chi connectivity index (χ2v) is 3.32. The molecule has 1 fully saturated rings. The summed E-state index contributed by atoms with van der Waals surface area (Å²) in [5.74, 6) is 0.527. The van der Waals surface area contributed by atoms with Crippen molar-refractivity contribution in [3.8, 4) is 0 Å². The standard InChI is InChI=1S/C7H11BrN2/c1-10-4-6(8)7(9)5-2-3-5/h4-5,9-10H,2-3H2,1H3/b6-4+,9-7?. The predicted molar refractivity (Wildman–Crippen MR) is 46.5 cm³/mol. The van der Waals surface area contributed by atoms with Crippen molar-refractivity contribution in [2.75, 3.05) is 7.05 Å². The molecule has 0 aromatic heterocycles. The number of halogens is 1. The van der Waals surface area contributed by atoms with Gasteiger partial charge in [-0.2, -0.15) is 0 Å². The average molecular weight is 203 g/mol. The van der Waals surface area contributed by atoms with E-state index in [0.29, 0.717) is 5.92 Å². The Hall–Kier alpha value is -0.310. The first-order chi connectivity index (χ1) is 4.75. The fourth-order valence-corrected chi connectivity index (χ4v) is 1.32. The van der Waals surface area contributed by atoms with Crippen molar-refractivity contribution in [2.45, 2.75) is 12.8 Å². The molecule has 2 nitrogen and oxygen atoms in total. The van der Waals surface area contributed by atoms with Crippen LogP contribution in [-0.2, 0) is 0 Å². The molecule has 56 valence electrons. The van der Waals surface area contributed by atoms with E-state index in [2.05, 4.69) is 21.2 Å². The van der Waals surface area contributed by atoms with E-state index in [1.165, 1.54) is 12.8 Å². The van der Waals surface area contributed by atoms with E-state index in [1.807, 2.05) is 7.05 Å². The van der Waals surface area contributed by atoms with Crippen LogP contribution in [0.1, 0.15) is 12.8 Å². The molecule has 0 unspecified atom stereocenters. The molecule has 1 rings (SSSR count). The Balaban J connectivity index is 2.46. The van der Waals surface area contributed by atoms with Gasteiger partial charge < -0.3 is 10.7 Å². The maximum atomic E-state index is 7.56. The Morgan fingerprint density at radius 2 is 2.30 bits per heavy atom. The molecule has 3 heteroatoms. The minimum Gasteiger partial charge on any atom is -0.393 e. The first kappa shape index (κ1) is 7.79. The molecule has 1 aliphatic carbocycles. The SMILES string of the molecule is CN/C=C(/Br)C(=N)C1CC1. The summed E-state index contributed by atoms with van der Waals surface area (Å²) in [5, 5.41) is 10.4. The molecule has 0 spiro atoms. The molecule has 0 heterocycles. The van der Waals surface area contributed by atoms with Crippen molar-refractivity contribution in [1.82, 2.24) is 5.32 Å². The highest BCUT2D eigenvalue weighted by Gasteiger charge is 2.27. The fraction of sp³-hybridized carbons (Fsp3) is 0.571. The summed E-state index contributed by atoms with van der Waals surface area (Å²) in [6.07, 6.45) is 4.18. The lowest BCUT2D eigenvalue weighted by molar-refractivity contribution is 1.09. The van der Waals surface area contributed by atoms with E-state index in [0.717, 1.165) is 10.2 Å². The molecule has 0 amide bonds. The van der Waals surface area contributed by atoms with Gasteiger partial charge in [0.15, 0.2) is 0 Å². The third-order valence-corrected chi connectivity index (χ3v) is 2.17. The van der Waals surface area contributed by atoms with Crippen LogP contribution in [-0.4, -0.2) is 12.8 Å². The molecule has 0 saturated heterocycles. The van der Waals surface area contributed by atoms with Crippen LogP contribution in [0.25, 0.3) is 0 Å². The molecule has 1 aliphatic rings. The van der Waals surface area contributed by atoms with E-state index in [9.17, 15) is 0 Å². The normalized spacial score (nSPS) is 18.8. The fourth-order valence-electron chi connectivity index (χ4n) is 0.771. The molecule has 0 aromatic rings. The van der Waals surface area contributed by atoms with Crippen LogP contribution in [0.15, 0.2) is 10.7 Å². The topological polar surface area (TPSA) is 35.9 Å². The first-order valence-corrected chi connectivity index (χ1v) is 4.16. The van der Waals surface area contributed by atoms with Gasteiger partial charge in [0, 0.05) is 19.2 Å². The van der Waals surface area contributed by atoms with Gasteiger partial charge in [0.1, 0.15) is 0 Å².